The zero-order chi connectivity index (χ0) is 19.3. The monoisotopic (exact) mass is 364 g/mol. The Bertz CT molecular complexity index is 700. The Morgan fingerprint density at radius 1 is 1.35 bits per heavy atom. The third-order valence-corrected chi connectivity index (χ3v) is 3.68. The van der Waals surface area contributed by atoms with Crippen LogP contribution in [0.5, 0.6) is 0 Å². The van der Waals surface area contributed by atoms with Gasteiger partial charge in [0.25, 0.3) is 0 Å². The van der Waals surface area contributed by atoms with Crippen LogP contribution in [0.3, 0.4) is 0 Å². The van der Waals surface area contributed by atoms with Crippen molar-refractivity contribution < 1.29 is 23.5 Å². The summed E-state index contributed by atoms with van der Waals surface area (Å²) >= 11 is 0. The molecule has 8 nitrogen and oxygen atoms in total. The quantitative estimate of drug-likeness (QED) is 0.353. The van der Waals surface area contributed by atoms with E-state index in [0.717, 1.165) is 10.5 Å². The summed E-state index contributed by atoms with van der Waals surface area (Å²) < 4.78 is 24.7. The summed E-state index contributed by atoms with van der Waals surface area (Å²) in [5.41, 5.74) is 8.58. The molecule has 26 heavy (non-hydrogen) atoms. The zero-order valence-corrected chi connectivity index (χ0v) is 14.8. The number of benzene rings is 1. The van der Waals surface area contributed by atoms with Crippen molar-refractivity contribution >= 4 is 12.1 Å². The summed E-state index contributed by atoms with van der Waals surface area (Å²) in [6.45, 7) is 4.51. The lowest BCUT2D eigenvalue weighted by atomic mass is 10.1. The highest BCUT2D eigenvalue weighted by Gasteiger charge is 2.50. The topological polar surface area (TPSA) is 105 Å². The molecule has 0 saturated carbocycles. The lowest BCUT2D eigenvalue weighted by molar-refractivity contribution is -0.150. The van der Waals surface area contributed by atoms with E-state index in [2.05, 4.69) is 10.0 Å². The molecule has 0 aromatic heterocycles. The van der Waals surface area contributed by atoms with Gasteiger partial charge in [-0.3, -0.25) is 4.90 Å². The molecule has 140 valence electrons. The minimum Gasteiger partial charge on any atom is -0.459 e. The van der Waals surface area contributed by atoms with Crippen molar-refractivity contribution in [3.05, 3.63) is 46.3 Å². The maximum Gasteiger partial charge on any atom is 0.411 e. The lowest BCUT2D eigenvalue weighted by Gasteiger charge is -2.28. The summed E-state index contributed by atoms with van der Waals surface area (Å²) in [6, 6.07) is 6.17. The second-order valence-corrected chi connectivity index (χ2v) is 6.88. The van der Waals surface area contributed by atoms with Gasteiger partial charge in [-0.15, -0.1) is 0 Å². The van der Waals surface area contributed by atoms with Crippen LogP contribution in [0.4, 0.5) is 9.18 Å². The molecule has 1 aromatic carbocycles. The number of carbonyl (C=O) groups is 2. The first kappa shape index (κ1) is 19.5. The number of amides is 1. The Morgan fingerprint density at radius 3 is 2.58 bits per heavy atom. The molecule has 1 aliphatic rings. The van der Waals surface area contributed by atoms with Crippen molar-refractivity contribution in [1.82, 2.24) is 4.90 Å². The minimum atomic E-state index is -1.69. The summed E-state index contributed by atoms with van der Waals surface area (Å²) in [5.74, 6) is -0.850. The third-order valence-electron chi connectivity index (χ3n) is 3.68. The maximum atomic E-state index is 14.3. The van der Waals surface area contributed by atoms with Crippen LogP contribution in [0.2, 0.25) is 0 Å². The molecule has 1 heterocycles. The average molecular weight is 364 g/mol. The van der Waals surface area contributed by atoms with Crippen molar-refractivity contribution in [2.75, 3.05) is 6.54 Å². The van der Waals surface area contributed by atoms with Gasteiger partial charge in [0.2, 0.25) is 0 Å². The predicted molar refractivity (Wildman–Crippen MR) is 90.8 cm³/mol. The molecule has 0 unspecified atom stereocenters. The highest BCUT2D eigenvalue weighted by molar-refractivity contribution is 5.83. The van der Waals surface area contributed by atoms with Crippen LogP contribution in [0.25, 0.3) is 10.4 Å². The van der Waals surface area contributed by atoms with Crippen molar-refractivity contribution in [1.29, 1.82) is 0 Å². The number of azide groups is 1. The van der Waals surface area contributed by atoms with Crippen LogP contribution in [-0.2, 0) is 20.9 Å². The SMILES string of the molecule is CC(C)(C)OC(=O)N1C[C@H](F)[C@@H](N=[N+]=[N-])[C@H]1C(=O)OCc1ccccc1. The molecule has 1 fully saturated rings. The van der Waals surface area contributed by atoms with E-state index in [1.54, 1.807) is 45.0 Å². The van der Waals surface area contributed by atoms with E-state index in [1.165, 1.54) is 0 Å². The fourth-order valence-electron chi connectivity index (χ4n) is 2.58. The molecule has 0 N–H and O–H groups in total. The number of nitrogens with zero attached hydrogens (tertiary/aromatic N) is 4. The number of esters is 1. The number of hydrogen-bond acceptors (Lipinski definition) is 5. The number of ether oxygens (including phenoxy) is 2. The second kappa shape index (κ2) is 8.05. The molecular weight excluding hydrogens is 343 g/mol. The highest BCUT2D eigenvalue weighted by atomic mass is 19.1. The maximum absolute atomic E-state index is 14.3. The van der Waals surface area contributed by atoms with E-state index < -0.39 is 42.5 Å². The molecular formula is C17H21FN4O4. The van der Waals surface area contributed by atoms with Crippen LogP contribution in [0, 0.1) is 0 Å². The molecule has 2 rings (SSSR count). The van der Waals surface area contributed by atoms with Crippen molar-refractivity contribution in [2.45, 2.75) is 51.2 Å². The van der Waals surface area contributed by atoms with Crippen LogP contribution in [0.15, 0.2) is 35.4 Å². The molecule has 1 amide bonds. The predicted octanol–water partition coefficient (Wildman–Crippen LogP) is 3.37. The summed E-state index contributed by atoms with van der Waals surface area (Å²) in [7, 11) is 0. The molecule has 1 saturated heterocycles. The summed E-state index contributed by atoms with van der Waals surface area (Å²) in [4.78, 5) is 28.4. The largest absolute Gasteiger partial charge is 0.459 e. The number of rotatable bonds is 4. The number of hydrogen-bond donors (Lipinski definition) is 0. The number of alkyl halides is 1. The molecule has 3 atom stereocenters. The highest BCUT2D eigenvalue weighted by Crippen LogP contribution is 2.27. The summed E-state index contributed by atoms with van der Waals surface area (Å²) in [5, 5.41) is 3.35. The first-order chi connectivity index (χ1) is 12.2. The van der Waals surface area contributed by atoms with E-state index in [9.17, 15) is 14.0 Å². The zero-order valence-electron chi connectivity index (χ0n) is 14.8. The Labute approximate surface area is 150 Å². The van der Waals surface area contributed by atoms with E-state index in [-0.39, 0.29) is 6.61 Å². The normalized spacial score (nSPS) is 22.5. The Hall–Kier alpha value is -2.80. The Morgan fingerprint density at radius 2 is 2.00 bits per heavy atom. The molecule has 0 spiro atoms. The van der Waals surface area contributed by atoms with E-state index in [4.69, 9.17) is 15.0 Å². The second-order valence-electron chi connectivity index (χ2n) is 6.88. The molecule has 9 heteroatoms. The fourth-order valence-corrected chi connectivity index (χ4v) is 2.58. The van der Waals surface area contributed by atoms with Crippen molar-refractivity contribution in [3.63, 3.8) is 0 Å². The van der Waals surface area contributed by atoms with Crippen LogP contribution < -0.4 is 0 Å². The number of carbonyl (C=O) groups excluding carboxylic acids is 2. The van der Waals surface area contributed by atoms with E-state index in [1.807, 2.05) is 6.07 Å². The Balaban J connectivity index is 2.17. The number of halogens is 1. The standard InChI is InChI=1S/C17H21FN4O4/c1-17(2,3)26-16(24)22-9-12(18)13(20-21-19)14(22)15(23)25-10-11-7-5-4-6-8-11/h4-8,12-14H,9-10H2,1-3H3/t12-,13+,14-/m0/s1. The summed E-state index contributed by atoms with van der Waals surface area (Å²) in [6.07, 6.45) is -2.55. The molecule has 1 aromatic rings. The minimum absolute atomic E-state index is 0.0434. The van der Waals surface area contributed by atoms with E-state index >= 15 is 0 Å². The van der Waals surface area contributed by atoms with Gasteiger partial charge in [0.15, 0.2) is 0 Å². The van der Waals surface area contributed by atoms with Gasteiger partial charge in [-0.1, -0.05) is 35.4 Å². The first-order valence-electron chi connectivity index (χ1n) is 8.11. The van der Waals surface area contributed by atoms with Gasteiger partial charge in [0, 0.05) is 4.91 Å². The molecule has 0 aliphatic carbocycles. The van der Waals surface area contributed by atoms with Crippen molar-refractivity contribution in [2.24, 2.45) is 5.11 Å². The van der Waals surface area contributed by atoms with Gasteiger partial charge in [-0.2, -0.15) is 0 Å². The van der Waals surface area contributed by atoms with Gasteiger partial charge >= 0.3 is 12.1 Å². The first-order valence-corrected chi connectivity index (χ1v) is 8.11. The average Bonchev–Trinajstić information content (AvgIpc) is 2.89. The van der Waals surface area contributed by atoms with Gasteiger partial charge in [0.05, 0.1) is 6.54 Å². The molecule has 0 bridgehead atoms. The lowest BCUT2D eigenvalue weighted by Crippen LogP contribution is -2.47. The molecule has 0 radical (unpaired) electrons. The number of likely N-dealkylation sites (tertiary alicyclic amines) is 1. The van der Waals surface area contributed by atoms with Crippen LogP contribution in [0.1, 0.15) is 26.3 Å². The van der Waals surface area contributed by atoms with Gasteiger partial charge in [-0.05, 0) is 31.9 Å². The van der Waals surface area contributed by atoms with Crippen molar-refractivity contribution in [3.8, 4) is 0 Å². The fraction of sp³-hybridized carbons (Fsp3) is 0.529. The van der Waals surface area contributed by atoms with Gasteiger partial charge < -0.3 is 9.47 Å². The third kappa shape index (κ3) is 4.86. The Kier molecular flexibility index (Phi) is 6.05. The smallest absolute Gasteiger partial charge is 0.411 e. The van der Waals surface area contributed by atoms with Crippen LogP contribution in [-0.4, -0.2) is 47.4 Å². The molecule has 1 aliphatic heterocycles. The van der Waals surface area contributed by atoms with Gasteiger partial charge in [0.1, 0.15) is 30.5 Å². The van der Waals surface area contributed by atoms with E-state index in [0.29, 0.717) is 0 Å². The van der Waals surface area contributed by atoms with Gasteiger partial charge in [-0.25, -0.2) is 14.0 Å². The van der Waals surface area contributed by atoms with Crippen LogP contribution >= 0.6 is 0 Å².